The van der Waals surface area contributed by atoms with Crippen LogP contribution in [-0.2, 0) is 0 Å². The lowest BCUT2D eigenvalue weighted by atomic mass is 10.3. The number of hydrogen-bond acceptors (Lipinski definition) is 3. The number of nitrogen functional groups attached to an aromatic ring is 1. The highest BCUT2D eigenvalue weighted by Gasteiger charge is 2.14. The van der Waals surface area contributed by atoms with E-state index in [1.54, 1.807) is 0 Å². The molecule has 15 heavy (non-hydrogen) atoms. The molecule has 5 nitrogen and oxygen atoms in total. The van der Waals surface area contributed by atoms with E-state index in [1.807, 2.05) is 30.3 Å². The second-order valence-electron chi connectivity index (χ2n) is 3.06. The van der Waals surface area contributed by atoms with Crippen LogP contribution in [0.5, 0.6) is 0 Å². The van der Waals surface area contributed by atoms with Crippen molar-refractivity contribution in [3.05, 3.63) is 42.2 Å². The van der Waals surface area contributed by atoms with Crippen molar-refractivity contribution >= 4 is 11.6 Å². The molecule has 1 amide bonds. The number of nitrogens with zero attached hydrogens (tertiary/aromatic N) is 2. The zero-order valence-electron chi connectivity index (χ0n) is 7.92. The standard InChI is InChI=1S/C10H10N4O/c11-8-6-13-14(9(8)10(12)15)7-4-2-1-3-5-7/h1-6H,11H2,(H2,12,15). The molecular weight excluding hydrogens is 192 g/mol. The third-order valence-electron chi connectivity index (χ3n) is 2.03. The molecule has 1 aromatic heterocycles. The smallest absolute Gasteiger partial charge is 0.269 e. The van der Waals surface area contributed by atoms with Gasteiger partial charge in [-0.2, -0.15) is 5.10 Å². The molecule has 0 aliphatic carbocycles. The van der Waals surface area contributed by atoms with Gasteiger partial charge in [0.2, 0.25) is 0 Å². The second-order valence-corrected chi connectivity index (χ2v) is 3.06. The summed E-state index contributed by atoms with van der Waals surface area (Å²) in [6, 6.07) is 9.20. The molecule has 0 unspecified atom stereocenters. The van der Waals surface area contributed by atoms with E-state index < -0.39 is 5.91 Å². The third kappa shape index (κ3) is 1.54. The number of nitrogens with two attached hydrogens (primary N) is 2. The summed E-state index contributed by atoms with van der Waals surface area (Å²) in [5.41, 5.74) is 12.1. The van der Waals surface area contributed by atoms with Crippen LogP contribution in [-0.4, -0.2) is 15.7 Å². The fourth-order valence-corrected chi connectivity index (χ4v) is 1.37. The Morgan fingerprint density at radius 2 is 1.93 bits per heavy atom. The number of primary amides is 1. The van der Waals surface area contributed by atoms with E-state index in [2.05, 4.69) is 5.10 Å². The van der Waals surface area contributed by atoms with Crippen molar-refractivity contribution in [3.63, 3.8) is 0 Å². The van der Waals surface area contributed by atoms with Gasteiger partial charge >= 0.3 is 0 Å². The minimum atomic E-state index is -0.589. The topological polar surface area (TPSA) is 86.9 Å². The predicted octanol–water partition coefficient (Wildman–Crippen LogP) is 0.553. The Bertz CT molecular complexity index is 489. The van der Waals surface area contributed by atoms with E-state index in [1.165, 1.54) is 10.9 Å². The Hall–Kier alpha value is -2.30. The minimum Gasteiger partial charge on any atom is -0.396 e. The molecule has 0 radical (unpaired) electrons. The maximum Gasteiger partial charge on any atom is 0.269 e. The van der Waals surface area contributed by atoms with Crippen LogP contribution in [0.4, 0.5) is 5.69 Å². The number of rotatable bonds is 2. The van der Waals surface area contributed by atoms with Crippen LogP contribution < -0.4 is 11.5 Å². The van der Waals surface area contributed by atoms with Crippen LogP contribution in [0.1, 0.15) is 10.5 Å². The third-order valence-corrected chi connectivity index (χ3v) is 2.03. The summed E-state index contributed by atoms with van der Waals surface area (Å²) < 4.78 is 1.43. The molecule has 0 atom stereocenters. The SMILES string of the molecule is NC(=O)c1c(N)cnn1-c1ccccc1. The fraction of sp³-hybridized carbons (Fsp3) is 0. The van der Waals surface area contributed by atoms with Crippen molar-refractivity contribution < 1.29 is 4.79 Å². The molecule has 2 aromatic rings. The first-order valence-corrected chi connectivity index (χ1v) is 4.39. The maximum atomic E-state index is 11.2. The number of anilines is 1. The summed E-state index contributed by atoms with van der Waals surface area (Å²) >= 11 is 0. The highest BCUT2D eigenvalue weighted by Crippen LogP contribution is 2.15. The summed E-state index contributed by atoms with van der Waals surface area (Å²) in [5.74, 6) is -0.589. The van der Waals surface area contributed by atoms with Gasteiger partial charge < -0.3 is 11.5 Å². The van der Waals surface area contributed by atoms with Gasteiger partial charge in [0.15, 0.2) is 5.69 Å². The van der Waals surface area contributed by atoms with E-state index in [4.69, 9.17) is 11.5 Å². The largest absolute Gasteiger partial charge is 0.396 e. The van der Waals surface area contributed by atoms with Crippen LogP contribution >= 0.6 is 0 Å². The van der Waals surface area contributed by atoms with Crippen LogP contribution in [0.2, 0.25) is 0 Å². The summed E-state index contributed by atoms with van der Waals surface area (Å²) in [6.45, 7) is 0. The highest BCUT2D eigenvalue weighted by atomic mass is 16.1. The summed E-state index contributed by atoms with van der Waals surface area (Å²) in [4.78, 5) is 11.2. The second kappa shape index (κ2) is 3.45. The van der Waals surface area contributed by atoms with Gasteiger partial charge in [0.1, 0.15) is 0 Å². The van der Waals surface area contributed by atoms with Crippen molar-refractivity contribution in [3.8, 4) is 5.69 Å². The monoisotopic (exact) mass is 202 g/mol. The van der Waals surface area contributed by atoms with Crippen molar-refractivity contribution in [2.45, 2.75) is 0 Å². The van der Waals surface area contributed by atoms with E-state index in [9.17, 15) is 4.79 Å². The average molecular weight is 202 g/mol. The van der Waals surface area contributed by atoms with E-state index in [0.29, 0.717) is 0 Å². The Morgan fingerprint density at radius 1 is 1.27 bits per heavy atom. The van der Waals surface area contributed by atoms with E-state index in [-0.39, 0.29) is 11.4 Å². The molecule has 0 fully saturated rings. The number of carbonyl (C=O) groups excluding carboxylic acids is 1. The van der Waals surface area contributed by atoms with Crippen molar-refractivity contribution in [2.75, 3.05) is 5.73 Å². The van der Waals surface area contributed by atoms with Gasteiger partial charge in [0.25, 0.3) is 5.91 Å². The number of carbonyl (C=O) groups is 1. The summed E-state index contributed by atoms with van der Waals surface area (Å²) in [7, 11) is 0. The average Bonchev–Trinajstić information content (AvgIpc) is 2.61. The molecule has 0 saturated carbocycles. The van der Waals surface area contributed by atoms with Crippen LogP contribution in [0.15, 0.2) is 36.5 Å². The number of para-hydroxylation sites is 1. The first kappa shape index (κ1) is 9.26. The van der Waals surface area contributed by atoms with Crippen LogP contribution in [0, 0.1) is 0 Å². The first-order chi connectivity index (χ1) is 7.20. The fourth-order valence-electron chi connectivity index (χ4n) is 1.37. The molecule has 2 rings (SSSR count). The van der Waals surface area contributed by atoms with Crippen molar-refractivity contribution in [1.82, 2.24) is 9.78 Å². The molecule has 76 valence electrons. The zero-order chi connectivity index (χ0) is 10.8. The predicted molar refractivity (Wildman–Crippen MR) is 56.5 cm³/mol. The summed E-state index contributed by atoms with van der Waals surface area (Å²) in [5, 5.41) is 4.00. The zero-order valence-corrected chi connectivity index (χ0v) is 7.92. The molecule has 0 bridgehead atoms. The Kier molecular flexibility index (Phi) is 2.13. The quantitative estimate of drug-likeness (QED) is 0.745. The van der Waals surface area contributed by atoms with Gasteiger partial charge in [0, 0.05) is 0 Å². The Balaban J connectivity index is 2.59. The molecule has 1 heterocycles. The lowest BCUT2D eigenvalue weighted by Gasteiger charge is -2.04. The van der Waals surface area contributed by atoms with Gasteiger partial charge in [-0.05, 0) is 12.1 Å². The molecule has 5 heteroatoms. The Morgan fingerprint density at radius 3 is 2.53 bits per heavy atom. The first-order valence-electron chi connectivity index (χ1n) is 4.39. The number of amides is 1. The molecule has 1 aromatic carbocycles. The van der Waals surface area contributed by atoms with Crippen molar-refractivity contribution in [1.29, 1.82) is 0 Å². The summed E-state index contributed by atoms with van der Waals surface area (Å²) in [6.07, 6.45) is 1.41. The van der Waals surface area contributed by atoms with Gasteiger partial charge in [0.05, 0.1) is 17.6 Å². The Labute approximate surface area is 86.3 Å². The van der Waals surface area contributed by atoms with Crippen LogP contribution in [0.3, 0.4) is 0 Å². The van der Waals surface area contributed by atoms with Crippen LogP contribution in [0.25, 0.3) is 5.69 Å². The lowest BCUT2D eigenvalue weighted by molar-refractivity contribution is 0.0994. The number of aromatic nitrogens is 2. The van der Waals surface area contributed by atoms with Gasteiger partial charge in [-0.3, -0.25) is 4.79 Å². The van der Waals surface area contributed by atoms with E-state index >= 15 is 0 Å². The highest BCUT2D eigenvalue weighted by molar-refractivity contribution is 5.96. The molecule has 0 aliphatic heterocycles. The molecule has 0 saturated heterocycles. The number of hydrogen-bond donors (Lipinski definition) is 2. The lowest BCUT2D eigenvalue weighted by Crippen LogP contribution is -2.18. The van der Waals surface area contributed by atoms with Gasteiger partial charge in [-0.15, -0.1) is 0 Å². The van der Waals surface area contributed by atoms with Gasteiger partial charge in [-0.1, -0.05) is 18.2 Å². The molecule has 4 N–H and O–H groups in total. The molecule has 0 aliphatic rings. The number of benzene rings is 1. The molecular formula is C10H10N4O. The maximum absolute atomic E-state index is 11.2. The van der Waals surface area contributed by atoms with Gasteiger partial charge in [-0.25, -0.2) is 4.68 Å². The van der Waals surface area contributed by atoms with Crippen molar-refractivity contribution in [2.24, 2.45) is 5.73 Å². The van der Waals surface area contributed by atoms with E-state index in [0.717, 1.165) is 5.69 Å². The minimum absolute atomic E-state index is 0.209. The molecule has 0 spiro atoms. The normalized spacial score (nSPS) is 10.1.